The van der Waals surface area contributed by atoms with Gasteiger partial charge < -0.3 is 5.32 Å². The molecule has 1 amide bonds. The zero-order valence-electron chi connectivity index (χ0n) is 13.6. The third-order valence-corrected chi connectivity index (χ3v) is 4.25. The van der Waals surface area contributed by atoms with E-state index in [-0.39, 0.29) is 11.7 Å². The second-order valence-corrected chi connectivity index (χ2v) is 6.13. The Morgan fingerprint density at radius 2 is 1.70 bits per heavy atom. The molecule has 1 fully saturated rings. The normalized spacial score (nSPS) is 13.7. The molecule has 0 aromatic heterocycles. The number of rotatable bonds is 5. The molecule has 2 aromatic rings. The first-order valence-corrected chi connectivity index (χ1v) is 8.13. The fraction of sp³-hybridized carbons (Fsp3) is 0.300. The Morgan fingerprint density at radius 3 is 2.30 bits per heavy atom. The number of hydrogen-bond donors (Lipinski definition) is 1. The van der Waals surface area contributed by atoms with E-state index < -0.39 is 0 Å². The molecule has 0 heterocycles. The molecule has 0 atom stereocenters. The van der Waals surface area contributed by atoms with Gasteiger partial charge in [-0.25, -0.2) is 0 Å². The number of Topliss-reactive ketones (excluding diaryl/α,β-unsaturated/α-hetero) is 1. The number of nitrogens with one attached hydrogen (secondary N) is 1. The lowest BCUT2D eigenvalue weighted by Gasteiger charge is -2.10. The second-order valence-electron chi connectivity index (χ2n) is 6.13. The molecule has 0 bridgehead atoms. The van der Waals surface area contributed by atoms with Crippen LogP contribution in [-0.4, -0.2) is 17.7 Å². The van der Waals surface area contributed by atoms with Crippen molar-refractivity contribution in [3.8, 4) is 11.1 Å². The van der Waals surface area contributed by atoms with Gasteiger partial charge in [0.2, 0.25) is 0 Å². The summed E-state index contributed by atoms with van der Waals surface area (Å²) in [5, 5.41) is 3.02. The maximum Gasteiger partial charge on any atom is 0.251 e. The van der Waals surface area contributed by atoms with Crippen LogP contribution >= 0.6 is 0 Å². The Labute approximate surface area is 136 Å². The zero-order chi connectivity index (χ0) is 16.4. The largest absolute Gasteiger partial charge is 0.349 e. The zero-order valence-corrected chi connectivity index (χ0v) is 13.6. The van der Waals surface area contributed by atoms with Gasteiger partial charge in [0.15, 0.2) is 5.78 Å². The number of benzene rings is 2. The molecule has 0 saturated heterocycles. The van der Waals surface area contributed by atoms with Gasteiger partial charge in [-0.05, 0) is 48.6 Å². The van der Waals surface area contributed by atoms with Crippen LogP contribution in [0, 0.1) is 6.92 Å². The van der Waals surface area contributed by atoms with Crippen molar-refractivity contribution < 1.29 is 9.59 Å². The van der Waals surface area contributed by atoms with Gasteiger partial charge in [0.25, 0.3) is 5.91 Å². The molecule has 3 nitrogen and oxygen atoms in total. The van der Waals surface area contributed by atoms with Gasteiger partial charge in [-0.15, -0.1) is 0 Å². The summed E-state index contributed by atoms with van der Waals surface area (Å²) in [4.78, 5) is 23.9. The van der Waals surface area contributed by atoms with E-state index in [1.165, 1.54) is 0 Å². The molecule has 1 aliphatic rings. The summed E-state index contributed by atoms with van der Waals surface area (Å²) in [6.07, 6.45) is 2.67. The SMILES string of the molecule is CCC(=O)c1ccc(-c2cc(C(=O)NC3CC3)ccc2C)cc1. The molecule has 1 aliphatic carbocycles. The summed E-state index contributed by atoms with van der Waals surface area (Å²) in [5.74, 6) is 0.136. The van der Waals surface area contributed by atoms with Gasteiger partial charge in [0.05, 0.1) is 0 Å². The quantitative estimate of drug-likeness (QED) is 0.844. The second kappa shape index (κ2) is 6.37. The summed E-state index contributed by atoms with van der Waals surface area (Å²) < 4.78 is 0. The predicted octanol–water partition coefficient (Wildman–Crippen LogP) is 4.15. The van der Waals surface area contributed by atoms with Crippen LogP contribution in [0.15, 0.2) is 42.5 Å². The summed E-state index contributed by atoms with van der Waals surface area (Å²) in [5.41, 5.74) is 4.59. The Morgan fingerprint density at radius 1 is 1.04 bits per heavy atom. The minimum Gasteiger partial charge on any atom is -0.349 e. The van der Waals surface area contributed by atoms with E-state index in [0.717, 1.165) is 35.1 Å². The van der Waals surface area contributed by atoms with Crippen molar-refractivity contribution in [2.45, 2.75) is 39.2 Å². The van der Waals surface area contributed by atoms with Gasteiger partial charge in [0.1, 0.15) is 0 Å². The number of amides is 1. The average molecular weight is 307 g/mol. The molecule has 1 saturated carbocycles. The van der Waals surface area contributed by atoms with Crippen LogP contribution in [0.25, 0.3) is 11.1 Å². The average Bonchev–Trinajstić information content (AvgIpc) is 3.38. The summed E-state index contributed by atoms with van der Waals surface area (Å²) in [6, 6.07) is 13.8. The van der Waals surface area contributed by atoms with E-state index in [0.29, 0.717) is 18.0 Å². The lowest BCUT2D eigenvalue weighted by atomic mass is 9.96. The van der Waals surface area contributed by atoms with Crippen molar-refractivity contribution in [1.29, 1.82) is 0 Å². The minimum atomic E-state index is -0.00784. The highest BCUT2D eigenvalue weighted by Gasteiger charge is 2.24. The highest BCUT2D eigenvalue weighted by Crippen LogP contribution is 2.26. The minimum absolute atomic E-state index is 0.00784. The molecule has 3 rings (SSSR count). The summed E-state index contributed by atoms with van der Waals surface area (Å²) in [6.45, 7) is 3.89. The molecular formula is C20H21NO2. The maximum atomic E-state index is 12.2. The topological polar surface area (TPSA) is 46.2 Å². The molecule has 0 unspecified atom stereocenters. The Hall–Kier alpha value is -2.42. The van der Waals surface area contributed by atoms with Gasteiger partial charge >= 0.3 is 0 Å². The van der Waals surface area contributed by atoms with Crippen LogP contribution < -0.4 is 5.32 Å². The van der Waals surface area contributed by atoms with Crippen LogP contribution in [0.1, 0.15) is 52.5 Å². The lowest BCUT2D eigenvalue weighted by Crippen LogP contribution is -2.25. The summed E-state index contributed by atoms with van der Waals surface area (Å²) >= 11 is 0. The van der Waals surface area contributed by atoms with Crippen molar-refractivity contribution in [3.63, 3.8) is 0 Å². The Kier molecular flexibility index (Phi) is 4.28. The molecule has 2 aromatic carbocycles. The Balaban J connectivity index is 1.88. The van der Waals surface area contributed by atoms with Crippen LogP contribution in [0.5, 0.6) is 0 Å². The monoisotopic (exact) mass is 307 g/mol. The molecule has 1 N–H and O–H groups in total. The number of aryl methyl sites for hydroxylation is 1. The standard InChI is InChI=1S/C20H21NO2/c1-3-19(22)15-8-6-14(7-9-15)18-12-16(5-4-13(18)2)20(23)21-17-10-11-17/h4-9,12,17H,3,10-11H2,1-2H3,(H,21,23). The number of hydrogen-bond acceptors (Lipinski definition) is 2. The van der Waals surface area contributed by atoms with Crippen LogP contribution in [-0.2, 0) is 0 Å². The molecule has 3 heteroatoms. The first kappa shape index (κ1) is 15.5. The molecule has 23 heavy (non-hydrogen) atoms. The predicted molar refractivity (Wildman–Crippen MR) is 91.7 cm³/mol. The van der Waals surface area contributed by atoms with Crippen LogP contribution in [0.4, 0.5) is 0 Å². The van der Waals surface area contributed by atoms with E-state index in [1.807, 2.05) is 56.3 Å². The number of ketones is 1. The molecule has 0 aliphatic heterocycles. The van der Waals surface area contributed by atoms with Crippen molar-refractivity contribution in [3.05, 3.63) is 59.2 Å². The molecular weight excluding hydrogens is 286 g/mol. The third kappa shape index (κ3) is 3.50. The van der Waals surface area contributed by atoms with Gasteiger partial charge in [0, 0.05) is 23.6 Å². The Bertz CT molecular complexity index is 743. The van der Waals surface area contributed by atoms with E-state index in [2.05, 4.69) is 5.32 Å². The number of carbonyl (C=O) groups excluding carboxylic acids is 2. The van der Waals surface area contributed by atoms with Gasteiger partial charge in [-0.3, -0.25) is 9.59 Å². The van der Waals surface area contributed by atoms with E-state index >= 15 is 0 Å². The van der Waals surface area contributed by atoms with E-state index in [9.17, 15) is 9.59 Å². The lowest BCUT2D eigenvalue weighted by molar-refractivity contribution is 0.0949. The smallest absolute Gasteiger partial charge is 0.251 e. The maximum absolute atomic E-state index is 12.2. The van der Waals surface area contributed by atoms with Gasteiger partial charge in [-0.1, -0.05) is 37.3 Å². The van der Waals surface area contributed by atoms with Crippen molar-refractivity contribution >= 4 is 11.7 Å². The van der Waals surface area contributed by atoms with Crippen molar-refractivity contribution in [1.82, 2.24) is 5.32 Å². The van der Waals surface area contributed by atoms with E-state index in [4.69, 9.17) is 0 Å². The van der Waals surface area contributed by atoms with E-state index in [1.54, 1.807) is 0 Å². The fourth-order valence-corrected chi connectivity index (χ4v) is 2.61. The molecule has 118 valence electrons. The van der Waals surface area contributed by atoms with Crippen LogP contribution in [0.3, 0.4) is 0 Å². The highest BCUT2D eigenvalue weighted by atomic mass is 16.1. The first-order chi connectivity index (χ1) is 11.1. The summed E-state index contributed by atoms with van der Waals surface area (Å²) in [7, 11) is 0. The fourth-order valence-electron chi connectivity index (χ4n) is 2.61. The van der Waals surface area contributed by atoms with Crippen molar-refractivity contribution in [2.24, 2.45) is 0 Å². The van der Waals surface area contributed by atoms with Crippen LogP contribution in [0.2, 0.25) is 0 Å². The number of carbonyl (C=O) groups is 2. The molecule has 0 radical (unpaired) electrons. The van der Waals surface area contributed by atoms with Gasteiger partial charge in [-0.2, -0.15) is 0 Å². The van der Waals surface area contributed by atoms with Crippen molar-refractivity contribution in [2.75, 3.05) is 0 Å². The molecule has 0 spiro atoms. The highest BCUT2D eigenvalue weighted by molar-refractivity contribution is 5.97. The first-order valence-electron chi connectivity index (χ1n) is 8.13. The third-order valence-electron chi connectivity index (χ3n) is 4.25.